The molecule has 0 saturated carbocycles. The summed E-state index contributed by atoms with van der Waals surface area (Å²) >= 11 is 1.67. The molecular weight excluding hydrogens is 256 g/mol. The third-order valence-electron chi connectivity index (χ3n) is 3.09. The third kappa shape index (κ3) is 3.67. The van der Waals surface area contributed by atoms with Gasteiger partial charge in [0.2, 0.25) is 0 Å². The first-order chi connectivity index (χ1) is 9.20. The van der Waals surface area contributed by atoms with E-state index in [1.807, 2.05) is 12.1 Å². The number of rotatable bonds is 6. The first-order valence-electron chi connectivity index (χ1n) is 6.63. The average Bonchev–Trinajstić information content (AvgIpc) is 2.81. The smallest absolute Gasteiger partial charge is 0.328 e. The number of carbonyl (C=O) groups is 1. The van der Waals surface area contributed by atoms with Crippen molar-refractivity contribution in [3.05, 3.63) is 41.3 Å². The van der Waals surface area contributed by atoms with Crippen LogP contribution in [0, 0.1) is 0 Å². The van der Waals surface area contributed by atoms with Crippen LogP contribution in [0.2, 0.25) is 0 Å². The van der Waals surface area contributed by atoms with Gasteiger partial charge >= 0.3 is 5.97 Å². The van der Waals surface area contributed by atoms with Gasteiger partial charge in [-0.05, 0) is 35.9 Å². The molecule has 2 rings (SSSR count). The van der Waals surface area contributed by atoms with E-state index in [0.29, 0.717) is 0 Å². The van der Waals surface area contributed by atoms with Crippen LogP contribution in [0.25, 0.3) is 15.7 Å². The highest BCUT2D eigenvalue weighted by molar-refractivity contribution is 7.20. The zero-order valence-corrected chi connectivity index (χ0v) is 11.9. The Labute approximate surface area is 117 Å². The number of benzene rings is 1. The van der Waals surface area contributed by atoms with Gasteiger partial charge in [-0.25, -0.2) is 4.79 Å². The van der Waals surface area contributed by atoms with Crippen molar-refractivity contribution in [2.45, 2.75) is 32.6 Å². The van der Waals surface area contributed by atoms with Crippen molar-refractivity contribution in [3.63, 3.8) is 0 Å². The summed E-state index contributed by atoms with van der Waals surface area (Å²) in [5.74, 6) is -0.857. The third-order valence-corrected chi connectivity index (χ3v) is 4.28. The van der Waals surface area contributed by atoms with Gasteiger partial charge in [0.05, 0.1) is 0 Å². The molecule has 0 saturated heterocycles. The average molecular weight is 274 g/mol. The molecule has 3 heteroatoms. The van der Waals surface area contributed by atoms with Gasteiger partial charge in [-0.2, -0.15) is 0 Å². The van der Waals surface area contributed by atoms with Crippen LogP contribution >= 0.6 is 11.3 Å². The van der Waals surface area contributed by atoms with Gasteiger partial charge in [0, 0.05) is 15.7 Å². The summed E-state index contributed by atoms with van der Waals surface area (Å²) in [4.78, 5) is 12.0. The maximum atomic E-state index is 11.0. The van der Waals surface area contributed by atoms with Crippen molar-refractivity contribution in [1.29, 1.82) is 0 Å². The van der Waals surface area contributed by atoms with E-state index >= 15 is 0 Å². The number of hydrogen-bond donors (Lipinski definition) is 1. The number of thiophene rings is 1. The normalized spacial score (nSPS) is 11.9. The monoisotopic (exact) mass is 274 g/mol. The van der Waals surface area contributed by atoms with Crippen molar-refractivity contribution in [1.82, 2.24) is 0 Å². The fourth-order valence-corrected chi connectivity index (χ4v) is 3.23. The molecule has 19 heavy (non-hydrogen) atoms. The highest BCUT2D eigenvalue weighted by atomic mass is 32.1. The lowest BCUT2D eigenvalue weighted by Crippen LogP contribution is -1.91. The highest BCUT2D eigenvalue weighted by Crippen LogP contribution is 2.32. The fraction of sp³-hybridized carbons (Fsp3) is 0.312. The molecule has 0 bridgehead atoms. The summed E-state index contributed by atoms with van der Waals surface area (Å²) in [7, 11) is 0. The standard InChI is InChI=1S/C16H18O2S/c1-2-3-4-7-13(11-16(17)18)15-10-12-8-5-6-9-14(12)19-15/h5-6,8-11H,2-4,7H2,1H3,(H,17,18). The van der Waals surface area contributed by atoms with Crippen molar-refractivity contribution < 1.29 is 9.90 Å². The van der Waals surface area contributed by atoms with Crippen LogP contribution in [0.3, 0.4) is 0 Å². The van der Waals surface area contributed by atoms with E-state index in [-0.39, 0.29) is 0 Å². The van der Waals surface area contributed by atoms with E-state index in [2.05, 4.69) is 25.1 Å². The molecule has 0 atom stereocenters. The number of allylic oxidation sites excluding steroid dienone is 1. The fourth-order valence-electron chi connectivity index (χ4n) is 2.12. The molecule has 2 nitrogen and oxygen atoms in total. The first kappa shape index (κ1) is 13.8. The molecule has 0 unspecified atom stereocenters. The van der Waals surface area contributed by atoms with Gasteiger partial charge in [0.1, 0.15) is 0 Å². The summed E-state index contributed by atoms with van der Waals surface area (Å²) < 4.78 is 1.21. The molecule has 0 spiro atoms. The molecular formula is C16H18O2S. The lowest BCUT2D eigenvalue weighted by molar-refractivity contribution is -0.131. The predicted octanol–water partition coefficient (Wildman–Crippen LogP) is 4.95. The zero-order valence-electron chi connectivity index (χ0n) is 11.1. The molecule has 0 aliphatic carbocycles. The lowest BCUT2D eigenvalue weighted by Gasteiger charge is -2.03. The van der Waals surface area contributed by atoms with Crippen LogP contribution in [0.5, 0.6) is 0 Å². The topological polar surface area (TPSA) is 37.3 Å². The Bertz CT molecular complexity index is 563. The molecule has 0 radical (unpaired) electrons. The van der Waals surface area contributed by atoms with Crippen LogP contribution in [0.15, 0.2) is 36.4 Å². The summed E-state index contributed by atoms with van der Waals surface area (Å²) in [6, 6.07) is 10.3. The maximum Gasteiger partial charge on any atom is 0.328 e. The lowest BCUT2D eigenvalue weighted by atomic mass is 10.1. The summed E-state index contributed by atoms with van der Waals surface area (Å²) in [6.45, 7) is 2.15. The molecule has 0 fully saturated rings. The molecule has 1 heterocycles. The van der Waals surface area contributed by atoms with Gasteiger partial charge in [-0.1, -0.05) is 38.0 Å². The molecule has 1 N–H and O–H groups in total. The molecule has 100 valence electrons. The molecule has 0 aliphatic heterocycles. The van der Waals surface area contributed by atoms with E-state index in [4.69, 9.17) is 5.11 Å². The van der Waals surface area contributed by atoms with E-state index in [1.54, 1.807) is 11.3 Å². The number of carboxylic acid groups (broad SMARTS) is 1. The van der Waals surface area contributed by atoms with Crippen molar-refractivity contribution in [2.24, 2.45) is 0 Å². The van der Waals surface area contributed by atoms with E-state index in [0.717, 1.165) is 36.1 Å². The summed E-state index contributed by atoms with van der Waals surface area (Å²) in [5.41, 5.74) is 0.946. The van der Waals surface area contributed by atoms with Crippen molar-refractivity contribution in [3.8, 4) is 0 Å². The van der Waals surface area contributed by atoms with Crippen LogP contribution in [0.1, 0.15) is 37.5 Å². The summed E-state index contributed by atoms with van der Waals surface area (Å²) in [6.07, 6.45) is 5.53. The molecule has 0 aliphatic rings. The Morgan fingerprint density at radius 2 is 2.11 bits per heavy atom. The van der Waals surface area contributed by atoms with Gasteiger partial charge in [-0.3, -0.25) is 0 Å². The second-order valence-electron chi connectivity index (χ2n) is 4.61. The van der Waals surface area contributed by atoms with Gasteiger partial charge in [0.15, 0.2) is 0 Å². The Kier molecular flexibility index (Phi) is 4.74. The number of carboxylic acids is 1. The van der Waals surface area contributed by atoms with Gasteiger partial charge in [-0.15, -0.1) is 11.3 Å². The van der Waals surface area contributed by atoms with E-state index in [1.165, 1.54) is 16.2 Å². The van der Waals surface area contributed by atoms with Crippen molar-refractivity contribution >= 4 is 33.0 Å². The molecule has 2 aromatic rings. The number of unbranched alkanes of at least 4 members (excludes halogenated alkanes) is 2. The quantitative estimate of drug-likeness (QED) is 0.597. The van der Waals surface area contributed by atoms with E-state index in [9.17, 15) is 4.79 Å². The zero-order chi connectivity index (χ0) is 13.7. The SMILES string of the molecule is CCCCCC(=CC(=O)O)c1cc2ccccc2s1. The highest BCUT2D eigenvalue weighted by Gasteiger charge is 2.08. The number of aliphatic carboxylic acids is 1. The molecule has 0 amide bonds. The van der Waals surface area contributed by atoms with Crippen LogP contribution in [-0.2, 0) is 4.79 Å². The maximum absolute atomic E-state index is 11.0. The largest absolute Gasteiger partial charge is 0.478 e. The Balaban J connectivity index is 2.28. The number of hydrogen-bond acceptors (Lipinski definition) is 2. The minimum atomic E-state index is -0.857. The number of fused-ring (bicyclic) bond motifs is 1. The second kappa shape index (κ2) is 6.53. The summed E-state index contributed by atoms with van der Waals surface area (Å²) in [5, 5.41) is 10.2. The van der Waals surface area contributed by atoms with Gasteiger partial charge in [0.25, 0.3) is 0 Å². The van der Waals surface area contributed by atoms with Crippen LogP contribution < -0.4 is 0 Å². The second-order valence-corrected chi connectivity index (χ2v) is 5.70. The van der Waals surface area contributed by atoms with Crippen LogP contribution in [-0.4, -0.2) is 11.1 Å². The predicted molar refractivity (Wildman–Crippen MR) is 81.6 cm³/mol. The van der Waals surface area contributed by atoms with Crippen LogP contribution in [0.4, 0.5) is 0 Å². The minimum absolute atomic E-state index is 0.840. The Morgan fingerprint density at radius 1 is 1.32 bits per heavy atom. The Morgan fingerprint density at radius 3 is 2.79 bits per heavy atom. The van der Waals surface area contributed by atoms with E-state index < -0.39 is 5.97 Å². The van der Waals surface area contributed by atoms with Crippen molar-refractivity contribution in [2.75, 3.05) is 0 Å². The first-order valence-corrected chi connectivity index (χ1v) is 7.45. The minimum Gasteiger partial charge on any atom is -0.478 e. The molecule has 1 aromatic carbocycles. The Hall–Kier alpha value is -1.61. The van der Waals surface area contributed by atoms with Gasteiger partial charge < -0.3 is 5.11 Å². The molecule has 1 aromatic heterocycles.